The summed E-state index contributed by atoms with van der Waals surface area (Å²) >= 11 is 0. The Kier molecular flexibility index (Phi) is 4.59. The standard InChI is InChI=1S/C22H22N2O3/c1-13(2)14-3-5-15(6-4-14)17-11-19(24-22(25)20-8-10-26-20)18(12-23)16-7-9-27-21(16)17/h3-6,11,13,20H,7-10H2,1-2H3,(H,24,25). The van der Waals surface area contributed by atoms with Crippen LogP contribution in [0.2, 0.25) is 0 Å². The molecule has 0 spiro atoms. The average Bonchev–Trinajstić information content (AvgIpc) is 3.09. The van der Waals surface area contributed by atoms with Gasteiger partial charge in [-0.05, 0) is 23.1 Å². The molecular formula is C22H22N2O3. The van der Waals surface area contributed by atoms with E-state index in [-0.39, 0.29) is 5.91 Å². The molecule has 2 aromatic carbocycles. The van der Waals surface area contributed by atoms with Gasteiger partial charge in [0.05, 0.1) is 24.5 Å². The third-order valence-electron chi connectivity index (χ3n) is 5.23. The molecule has 2 aliphatic rings. The average molecular weight is 362 g/mol. The molecule has 0 radical (unpaired) electrons. The van der Waals surface area contributed by atoms with Gasteiger partial charge in [-0.15, -0.1) is 0 Å². The number of carbonyl (C=O) groups is 1. The Labute approximate surface area is 158 Å². The lowest BCUT2D eigenvalue weighted by Crippen LogP contribution is -2.39. The van der Waals surface area contributed by atoms with Crippen LogP contribution in [0.5, 0.6) is 5.75 Å². The van der Waals surface area contributed by atoms with Gasteiger partial charge in [-0.3, -0.25) is 4.79 Å². The zero-order chi connectivity index (χ0) is 19.0. The van der Waals surface area contributed by atoms with Gasteiger partial charge in [-0.2, -0.15) is 5.26 Å². The molecule has 138 valence electrons. The molecule has 1 N–H and O–H groups in total. The lowest BCUT2D eigenvalue weighted by Gasteiger charge is -2.25. The van der Waals surface area contributed by atoms with Crippen LogP contribution in [-0.2, 0) is 16.0 Å². The summed E-state index contributed by atoms with van der Waals surface area (Å²) in [4.78, 5) is 12.4. The maximum absolute atomic E-state index is 12.4. The molecule has 0 bridgehead atoms. The molecule has 4 rings (SSSR count). The molecule has 27 heavy (non-hydrogen) atoms. The van der Waals surface area contributed by atoms with Gasteiger partial charge < -0.3 is 14.8 Å². The summed E-state index contributed by atoms with van der Waals surface area (Å²) < 4.78 is 11.1. The Hall–Kier alpha value is -2.84. The van der Waals surface area contributed by atoms with E-state index in [4.69, 9.17) is 9.47 Å². The lowest BCUT2D eigenvalue weighted by atomic mass is 9.93. The second-order valence-corrected chi connectivity index (χ2v) is 7.28. The molecule has 1 saturated heterocycles. The maximum Gasteiger partial charge on any atom is 0.253 e. The first-order chi connectivity index (χ1) is 13.1. The number of hydrogen-bond donors (Lipinski definition) is 1. The summed E-state index contributed by atoms with van der Waals surface area (Å²) in [6.45, 7) is 5.47. The zero-order valence-corrected chi connectivity index (χ0v) is 15.5. The van der Waals surface area contributed by atoms with Crippen LogP contribution in [-0.4, -0.2) is 25.2 Å². The first-order valence-electron chi connectivity index (χ1n) is 9.34. The van der Waals surface area contributed by atoms with E-state index >= 15 is 0 Å². The van der Waals surface area contributed by atoms with Crippen LogP contribution in [0, 0.1) is 11.3 Å². The van der Waals surface area contributed by atoms with Crippen molar-refractivity contribution in [1.29, 1.82) is 5.26 Å². The molecule has 5 nitrogen and oxygen atoms in total. The van der Waals surface area contributed by atoms with Crippen molar-refractivity contribution in [3.63, 3.8) is 0 Å². The Balaban J connectivity index is 1.77. The van der Waals surface area contributed by atoms with Crippen LogP contribution in [0.1, 0.15) is 42.9 Å². The minimum Gasteiger partial charge on any atom is -0.492 e. The van der Waals surface area contributed by atoms with Gasteiger partial charge in [0.25, 0.3) is 5.91 Å². The van der Waals surface area contributed by atoms with E-state index in [1.54, 1.807) is 0 Å². The lowest BCUT2D eigenvalue weighted by molar-refractivity contribution is -0.139. The second-order valence-electron chi connectivity index (χ2n) is 7.28. The summed E-state index contributed by atoms with van der Waals surface area (Å²) in [5.41, 5.74) is 5.07. The van der Waals surface area contributed by atoms with Crippen molar-refractivity contribution in [3.05, 3.63) is 47.0 Å². The van der Waals surface area contributed by atoms with E-state index in [9.17, 15) is 10.1 Å². The SMILES string of the molecule is CC(C)c1ccc(-c2cc(NC(=O)C3CCO3)c(C#N)c3c2OCC3)cc1. The molecule has 1 fully saturated rings. The zero-order valence-electron chi connectivity index (χ0n) is 15.5. The van der Waals surface area contributed by atoms with E-state index in [1.807, 2.05) is 6.07 Å². The molecule has 5 heteroatoms. The largest absolute Gasteiger partial charge is 0.492 e. The van der Waals surface area contributed by atoms with E-state index in [2.05, 4.69) is 49.5 Å². The van der Waals surface area contributed by atoms with Crippen molar-refractivity contribution in [1.82, 2.24) is 0 Å². The predicted octanol–water partition coefficient (Wildman–Crippen LogP) is 4.01. The molecule has 0 saturated carbocycles. The summed E-state index contributed by atoms with van der Waals surface area (Å²) in [5, 5.41) is 12.6. The smallest absolute Gasteiger partial charge is 0.253 e. The van der Waals surface area contributed by atoms with Crippen molar-refractivity contribution < 1.29 is 14.3 Å². The number of rotatable bonds is 4. The number of carbonyl (C=O) groups excluding carboxylic acids is 1. The number of benzene rings is 2. The molecule has 2 aliphatic heterocycles. The van der Waals surface area contributed by atoms with Crippen LogP contribution in [0.15, 0.2) is 30.3 Å². The number of amides is 1. The third-order valence-corrected chi connectivity index (χ3v) is 5.23. The fraction of sp³-hybridized carbons (Fsp3) is 0.364. The third kappa shape index (κ3) is 3.17. The Morgan fingerprint density at radius 3 is 2.59 bits per heavy atom. The Morgan fingerprint density at radius 2 is 2.00 bits per heavy atom. The first-order valence-corrected chi connectivity index (χ1v) is 9.34. The van der Waals surface area contributed by atoms with Gasteiger partial charge in [0, 0.05) is 24.0 Å². The van der Waals surface area contributed by atoms with Crippen molar-refractivity contribution >= 4 is 11.6 Å². The highest BCUT2D eigenvalue weighted by molar-refractivity contribution is 5.97. The Morgan fingerprint density at radius 1 is 1.26 bits per heavy atom. The fourth-order valence-electron chi connectivity index (χ4n) is 3.52. The first kappa shape index (κ1) is 17.6. The fourth-order valence-corrected chi connectivity index (χ4v) is 3.52. The van der Waals surface area contributed by atoms with Crippen LogP contribution in [0.25, 0.3) is 11.1 Å². The van der Waals surface area contributed by atoms with Crippen molar-refractivity contribution in [2.45, 2.75) is 38.7 Å². The molecule has 1 amide bonds. The van der Waals surface area contributed by atoms with E-state index in [0.717, 1.165) is 22.4 Å². The van der Waals surface area contributed by atoms with Gasteiger partial charge in [0.2, 0.25) is 0 Å². The Bertz CT molecular complexity index is 922. The van der Waals surface area contributed by atoms with Gasteiger partial charge >= 0.3 is 0 Å². The number of anilines is 1. The number of nitrogens with one attached hydrogen (secondary N) is 1. The minimum atomic E-state index is -0.421. The van der Waals surface area contributed by atoms with Crippen molar-refractivity contribution in [3.8, 4) is 22.9 Å². The molecule has 0 aromatic heterocycles. The molecule has 1 atom stereocenters. The number of ether oxygens (including phenoxy) is 2. The summed E-state index contributed by atoms with van der Waals surface area (Å²) in [6.07, 6.45) is 0.958. The second kappa shape index (κ2) is 7.05. The van der Waals surface area contributed by atoms with Gasteiger partial charge in [0.15, 0.2) is 0 Å². The quantitative estimate of drug-likeness (QED) is 0.892. The number of nitriles is 1. The number of hydrogen-bond acceptors (Lipinski definition) is 4. The summed E-state index contributed by atoms with van der Waals surface area (Å²) in [5.74, 6) is 1.01. The van der Waals surface area contributed by atoms with Crippen LogP contribution >= 0.6 is 0 Å². The van der Waals surface area contributed by atoms with Crippen LogP contribution in [0.3, 0.4) is 0 Å². The van der Waals surface area contributed by atoms with E-state index in [1.165, 1.54) is 5.56 Å². The van der Waals surface area contributed by atoms with Gasteiger partial charge in [0.1, 0.15) is 17.9 Å². The molecular weight excluding hydrogens is 340 g/mol. The van der Waals surface area contributed by atoms with E-state index < -0.39 is 6.10 Å². The van der Waals surface area contributed by atoms with Crippen LogP contribution < -0.4 is 10.1 Å². The van der Waals surface area contributed by atoms with E-state index in [0.29, 0.717) is 43.2 Å². The van der Waals surface area contributed by atoms with Crippen LogP contribution in [0.4, 0.5) is 5.69 Å². The molecule has 1 unspecified atom stereocenters. The summed E-state index contributed by atoms with van der Waals surface area (Å²) in [7, 11) is 0. The summed E-state index contributed by atoms with van der Waals surface area (Å²) in [6, 6.07) is 12.5. The maximum atomic E-state index is 12.4. The monoisotopic (exact) mass is 362 g/mol. The number of nitrogens with zero attached hydrogens (tertiary/aromatic N) is 1. The van der Waals surface area contributed by atoms with Crippen molar-refractivity contribution in [2.75, 3.05) is 18.5 Å². The normalized spacial score (nSPS) is 17.6. The highest BCUT2D eigenvalue weighted by Gasteiger charge is 2.29. The number of fused-ring (bicyclic) bond motifs is 1. The highest BCUT2D eigenvalue weighted by Crippen LogP contribution is 2.42. The minimum absolute atomic E-state index is 0.197. The van der Waals surface area contributed by atoms with Gasteiger partial charge in [-0.25, -0.2) is 0 Å². The molecule has 2 aromatic rings. The van der Waals surface area contributed by atoms with Gasteiger partial charge in [-0.1, -0.05) is 38.1 Å². The predicted molar refractivity (Wildman–Crippen MR) is 103 cm³/mol. The topological polar surface area (TPSA) is 71.3 Å². The molecule has 2 heterocycles. The van der Waals surface area contributed by atoms with Crippen molar-refractivity contribution in [2.24, 2.45) is 0 Å². The molecule has 0 aliphatic carbocycles. The highest BCUT2D eigenvalue weighted by atomic mass is 16.5.